The maximum atomic E-state index is 8.57. The second-order valence-electron chi connectivity index (χ2n) is 2.39. The Bertz CT molecular complexity index is 287. The standard InChI is InChI=1S/C9H12N2O2/c10-11-7-8-3-1-2-4-9(8)13-6-5-12/h1-4,7,12H,5-6,10H2. The minimum atomic E-state index is -0.00585. The Hall–Kier alpha value is -1.55. The van der Waals surface area contributed by atoms with Gasteiger partial charge < -0.3 is 15.7 Å². The molecule has 0 radical (unpaired) electrons. The summed E-state index contributed by atoms with van der Waals surface area (Å²) in [6.07, 6.45) is 1.51. The van der Waals surface area contributed by atoms with Gasteiger partial charge in [-0.05, 0) is 12.1 Å². The van der Waals surface area contributed by atoms with E-state index in [1.165, 1.54) is 6.21 Å². The summed E-state index contributed by atoms with van der Waals surface area (Å²) in [5.74, 6) is 5.69. The van der Waals surface area contributed by atoms with Crippen molar-refractivity contribution in [1.29, 1.82) is 0 Å². The molecule has 0 unspecified atom stereocenters. The predicted molar refractivity (Wildman–Crippen MR) is 50.8 cm³/mol. The van der Waals surface area contributed by atoms with Crippen LogP contribution in [0.15, 0.2) is 29.4 Å². The van der Waals surface area contributed by atoms with Gasteiger partial charge in [0.15, 0.2) is 0 Å². The fourth-order valence-corrected chi connectivity index (χ4v) is 0.955. The van der Waals surface area contributed by atoms with Gasteiger partial charge in [0.2, 0.25) is 0 Å². The smallest absolute Gasteiger partial charge is 0.128 e. The zero-order chi connectivity index (χ0) is 9.52. The highest BCUT2D eigenvalue weighted by Crippen LogP contribution is 2.15. The Labute approximate surface area is 76.6 Å². The topological polar surface area (TPSA) is 67.8 Å². The van der Waals surface area contributed by atoms with E-state index in [1.807, 2.05) is 18.2 Å². The van der Waals surface area contributed by atoms with E-state index in [0.717, 1.165) is 5.56 Å². The summed E-state index contributed by atoms with van der Waals surface area (Å²) in [4.78, 5) is 0. The molecule has 0 bridgehead atoms. The maximum Gasteiger partial charge on any atom is 0.128 e. The molecule has 3 N–H and O–H groups in total. The van der Waals surface area contributed by atoms with E-state index in [4.69, 9.17) is 15.7 Å². The second kappa shape index (κ2) is 5.16. The summed E-state index contributed by atoms with van der Waals surface area (Å²) in [7, 11) is 0. The van der Waals surface area contributed by atoms with Crippen LogP contribution < -0.4 is 10.6 Å². The van der Waals surface area contributed by atoms with Crippen LogP contribution in [0.4, 0.5) is 0 Å². The third kappa shape index (κ3) is 2.76. The highest BCUT2D eigenvalue weighted by molar-refractivity contribution is 5.83. The minimum Gasteiger partial charge on any atom is -0.491 e. The molecule has 4 heteroatoms. The quantitative estimate of drug-likeness (QED) is 0.399. The summed E-state index contributed by atoms with van der Waals surface area (Å²) in [6.45, 7) is 0.267. The number of ether oxygens (including phenoxy) is 1. The number of para-hydroxylation sites is 1. The predicted octanol–water partition coefficient (Wildman–Crippen LogP) is 0.350. The first-order valence-electron chi connectivity index (χ1n) is 3.94. The molecule has 0 fully saturated rings. The monoisotopic (exact) mass is 180 g/mol. The third-order valence-corrected chi connectivity index (χ3v) is 1.48. The summed E-state index contributed by atoms with van der Waals surface area (Å²) in [5, 5.41) is 12.0. The molecule has 0 atom stereocenters. The van der Waals surface area contributed by atoms with Crippen LogP contribution in [-0.2, 0) is 0 Å². The lowest BCUT2D eigenvalue weighted by molar-refractivity contribution is 0.201. The lowest BCUT2D eigenvalue weighted by Crippen LogP contribution is -2.03. The first-order valence-corrected chi connectivity index (χ1v) is 3.94. The molecular formula is C9H12N2O2. The van der Waals surface area contributed by atoms with Gasteiger partial charge in [-0.2, -0.15) is 5.10 Å². The van der Waals surface area contributed by atoms with Gasteiger partial charge in [-0.15, -0.1) is 0 Å². The molecule has 0 heterocycles. The van der Waals surface area contributed by atoms with E-state index < -0.39 is 0 Å². The van der Waals surface area contributed by atoms with Gasteiger partial charge in [0, 0.05) is 5.56 Å². The normalized spacial score (nSPS) is 10.5. The van der Waals surface area contributed by atoms with Gasteiger partial charge in [0.25, 0.3) is 0 Å². The van der Waals surface area contributed by atoms with E-state index in [2.05, 4.69) is 5.10 Å². The van der Waals surface area contributed by atoms with Crippen LogP contribution in [0.2, 0.25) is 0 Å². The lowest BCUT2D eigenvalue weighted by atomic mass is 10.2. The summed E-state index contributed by atoms with van der Waals surface area (Å²) in [6, 6.07) is 7.35. The molecule has 0 spiro atoms. The Kier molecular flexibility index (Phi) is 3.78. The second-order valence-corrected chi connectivity index (χ2v) is 2.39. The number of hydrogen-bond acceptors (Lipinski definition) is 4. The van der Waals surface area contributed by atoms with Crippen molar-refractivity contribution < 1.29 is 9.84 Å². The zero-order valence-corrected chi connectivity index (χ0v) is 7.18. The van der Waals surface area contributed by atoms with Crippen molar-refractivity contribution in [3.8, 4) is 5.75 Å². The fraction of sp³-hybridized carbons (Fsp3) is 0.222. The van der Waals surface area contributed by atoms with Gasteiger partial charge in [-0.3, -0.25) is 0 Å². The van der Waals surface area contributed by atoms with Crippen molar-refractivity contribution in [3.63, 3.8) is 0 Å². The molecule has 0 saturated heterocycles. The number of hydrogen-bond donors (Lipinski definition) is 2. The molecule has 0 aromatic heterocycles. The first-order chi connectivity index (χ1) is 6.38. The lowest BCUT2D eigenvalue weighted by Gasteiger charge is -2.06. The van der Waals surface area contributed by atoms with Crippen LogP contribution in [0.1, 0.15) is 5.56 Å². The van der Waals surface area contributed by atoms with Crippen LogP contribution in [0.5, 0.6) is 5.75 Å². The molecule has 0 aliphatic heterocycles. The van der Waals surface area contributed by atoms with Crippen LogP contribution >= 0.6 is 0 Å². The van der Waals surface area contributed by atoms with E-state index in [1.54, 1.807) is 6.07 Å². The Balaban J connectivity index is 2.78. The average Bonchev–Trinajstić information content (AvgIpc) is 2.17. The van der Waals surface area contributed by atoms with Gasteiger partial charge >= 0.3 is 0 Å². The highest BCUT2D eigenvalue weighted by Gasteiger charge is 1.98. The van der Waals surface area contributed by atoms with Crippen molar-refractivity contribution in [2.45, 2.75) is 0 Å². The van der Waals surface area contributed by atoms with Crippen LogP contribution in [0.25, 0.3) is 0 Å². The molecule has 0 aliphatic carbocycles. The van der Waals surface area contributed by atoms with Crippen molar-refractivity contribution >= 4 is 6.21 Å². The number of aliphatic hydroxyl groups is 1. The highest BCUT2D eigenvalue weighted by atomic mass is 16.5. The first kappa shape index (κ1) is 9.54. The molecule has 4 nitrogen and oxygen atoms in total. The molecule has 1 aromatic carbocycles. The SMILES string of the molecule is NN=Cc1ccccc1OCCO. The van der Waals surface area contributed by atoms with Gasteiger partial charge in [-0.25, -0.2) is 0 Å². The third-order valence-electron chi connectivity index (χ3n) is 1.48. The van der Waals surface area contributed by atoms with Crippen molar-refractivity contribution in [2.24, 2.45) is 10.9 Å². The zero-order valence-electron chi connectivity index (χ0n) is 7.18. The Morgan fingerprint density at radius 2 is 2.23 bits per heavy atom. The van der Waals surface area contributed by atoms with Crippen LogP contribution in [0, 0.1) is 0 Å². The molecule has 0 aliphatic rings. The number of aliphatic hydroxyl groups excluding tert-OH is 1. The number of hydrazone groups is 1. The van der Waals surface area contributed by atoms with Gasteiger partial charge in [0.05, 0.1) is 12.8 Å². The van der Waals surface area contributed by atoms with E-state index in [0.29, 0.717) is 5.75 Å². The molecule has 0 saturated carbocycles. The molecule has 13 heavy (non-hydrogen) atoms. The van der Waals surface area contributed by atoms with Crippen molar-refractivity contribution in [2.75, 3.05) is 13.2 Å². The maximum absolute atomic E-state index is 8.57. The minimum absolute atomic E-state index is 0.00585. The van der Waals surface area contributed by atoms with E-state index in [-0.39, 0.29) is 13.2 Å². The molecule has 70 valence electrons. The number of nitrogens with zero attached hydrogens (tertiary/aromatic N) is 1. The van der Waals surface area contributed by atoms with Crippen LogP contribution in [-0.4, -0.2) is 24.5 Å². The Morgan fingerprint density at radius 1 is 1.46 bits per heavy atom. The molecular weight excluding hydrogens is 168 g/mol. The van der Waals surface area contributed by atoms with E-state index in [9.17, 15) is 0 Å². The summed E-state index contributed by atoms with van der Waals surface area (Å²) < 4.78 is 5.24. The van der Waals surface area contributed by atoms with Gasteiger partial charge in [-0.1, -0.05) is 12.1 Å². The number of rotatable bonds is 4. The van der Waals surface area contributed by atoms with Crippen LogP contribution in [0.3, 0.4) is 0 Å². The summed E-state index contributed by atoms with van der Waals surface area (Å²) in [5.41, 5.74) is 0.804. The van der Waals surface area contributed by atoms with Gasteiger partial charge in [0.1, 0.15) is 12.4 Å². The molecule has 0 amide bonds. The largest absolute Gasteiger partial charge is 0.491 e. The number of nitrogens with two attached hydrogens (primary N) is 1. The number of benzene rings is 1. The van der Waals surface area contributed by atoms with Crippen molar-refractivity contribution in [3.05, 3.63) is 29.8 Å². The summed E-state index contributed by atoms with van der Waals surface area (Å²) >= 11 is 0. The fourth-order valence-electron chi connectivity index (χ4n) is 0.955. The average molecular weight is 180 g/mol. The van der Waals surface area contributed by atoms with Crippen molar-refractivity contribution in [1.82, 2.24) is 0 Å². The Morgan fingerprint density at radius 3 is 2.92 bits per heavy atom. The van der Waals surface area contributed by atoms with E-state index >= 15 is 0 Å². The molecule has 1 aromatic rings. The molecule has 1 rings (SSSR count).